The van der Waals surface area contributed by atoms with E-state index in [1.54, 1.807) is 0 Å². The topological polar surface area (TPSA) is 21.3 Å². The van der Waals surface area contributed by atoms with Crippen LogP contribution in [0.15, 0.2) is 12.2 Å². The highest BCUT2D eigenvalue weighted by atomic mass is 16.5. The standard InChI is InChI=1S/C9H17NO/c1-3-5-9-7-11-6-8(4-2)10-9/h3,5,8-10H,4,6-7H2,1-2H3/b5-3+. The first-order valence-electron chi connectivity index (χ1n) is 4.33. The molecule has 11 heavy (non-hydrogen) atoms. The molecule has 0 aromatic heterocycles. The van der Waals surface area contributed by atoms with Crippen molar-refractivity contribution in [2.24, 2.45) is 0 Å². The van der Waals surface area contributed by atoms with Gasteiger partial charge in [0.1, 0.15) is 0 Å². The Morgan fingerprint density at radius 1 is 1.55 bits per heavy atom. The molecule has 1 rings (SSSR count). The Bertz CT molecular complexity index is 134. The van der Waals surface area contributed by atoms with Crippen molar-refractivity contribution in [3.63, 3.8) is 0 Å². The van der Waals surface area contributed by atoms with Crippen LogP contribution >= 0.6 is 0 Å². The average molecular weight is 155 g/mol. The zero-order valence-electron chi connectivity index (χ0n) is 7.34. The van der Waals surface area contributed by atoms with Gasteiger partial charge in [-0.3, -0.25) is 0 Å². The molecule has 1 aliphatic heterocycles. The molecular weight excluding hydrogens is 138 g/mol. The maximum Gasteiger partial charge on any atom is 0.0656 e. The van der Waals surface area contributed by atoms with Crippen molar-refractivity contribution >= 4 is 0 Å². The maximum absolute atomic E-state index is 5.42. The lowest BCUT2D eigenvalue weighted by Gasteiger charge is -2.28. The van der Waals surface area contributed by atoms with Crippen molar-refractivity contribution in [3.8, 4) is 0 Å². The van der Waals surface area contributed by atoms with Crippen molar-refractivity contribution < 1.29 is 4.74 Å². The number of morpholine rings is 1. The van der Waals surface area contributed by atoms with Crippen LogP contribution in [-0.2, 0) is 4.74 Å². The molecule has 0 aromatic carbocycles. The van der Waals surface area contributed by atoms with Gasteiger partial charge in [-0.1, -0.05) is 19.1 Å². The minimum atomic E-state index is 0.429. The van der Waals surface area contributed by atoms with Crippen molar-refractivity contribution in [2.45, 2.75) is 32.4 Å². The molecule has 1 fully saturated rings. The molecule has 0 radical (unpaired) electrons. The number of hydrogen-bond donors (Lipinski definition) is 1. The zero-order chi connectivity index (χ0) is 8.10. The van der Waals surface area contributed by atoms with E-state index in [4.69, 9.17) is 4.74 Å². The summed E-state index contributed by atoms with van der Waals surface area (Å²) in [5.41, 5.74) is 0. The van der Waals surface area contributed by atoms with E-state index in [2.05, 4.69) is 24.4 Å². The summed E-state index contributed by atoms with van der Waals surface area (Å²) in [5, 5.41) is 3.49. The van der Waals surface area contributed by atoms with Crippen molar-refractivity contribution in [1.29, 1.82) is 0 Å². The van der Waals surface area contributed by atoms with E-state index in [1.807, 2.05) is 6.92 Å². The van der Waals surface area contributed by atoms with E-state index in [0.29, 0.717) is 12.1 Å². The third kappa shape index (κ3) is 2.64. The first kappa shape index (κ1) is 8.75. The summed E-state index contributed by atoms with van der Waals surface area (Å²) < 4.78 is 5.42. The van der Waals surface area contributed by atoms with Gasteiger partial charge in [0.25, 0.3) is 0 Å². The molecule has 0 spiro atoms. The summed E-state index contributed by atoms with van der Waals surface area (Å²) in [5.74, 6) is 0. The van der Waals surface area contributed by atoms with Gasteiger partial charge in [0.05, 0.1) is 13.2 Å². The van der Waals surface area contributed by atoms with Crippen LogP contribution in [0.25, 0.3) is 0 Å². The molecule has 1 N–H and O–H groups in total. The second-order valence-corrected chi connectivity index (χ2v) is 2.94. The van der Waals surface area contributed by atoms with Crippen LogP contribution in [-0.4, -0.2) is 25.3 Å². The first-order valence-corrected chi connectivity index (χ1v) is 4.33. The monoisotopic (exact) mass is 155 g/mol. The molecule has 0 amide bonds. The second-order valence-electron chi connectivity index (χ2n) is 2.94. The Kier molecular flexibility index (Phi) is 3.60. The lowest BCUT2D eigenvalue weighted by Crippen LogP contribution is -2.47. The Balaban J connectivity index is 2.33. The van der Waals surface area contributed by atoms with E-state index in [0.717, 1.165) is 19.6 Å². The molecule has 1 saturated heterocycles. The maximum atomic E-state index is 5.42. The SMILES string of the molecule is C/C=C/C1COCC(CC)N1. The van der Waals surface area contributed by atoms with Crippen LogP contribution in [0.4, 0.5) is 0 Å². The molecule has 2 atom stereocenters. The summed E-state index contributed by atoms with van der Waals surface area (Å²) >= 11 is 0. The minimum absolute atomic E-state index is 0.429. The summed E-state index contributed by atoms with van der Waals surface area (Å²) in [6.07, 6.45) is 5.37. The fourth-order valence-corrected chi connectivity index (χ4v) is 1.32. The molecule has 2 nitrogen and oxygen atoms in total. The fraction of sp³-hybridized carbons (Fsp3) is 0.778. The zero-order valence-corrected chi connectivity index (χ0v) is 7.34. The highest BCUT2D eigenvalue weighted by Gasteiger charge is 2.17. The molecule has 0 aliphatic carbocycles. The van der Waals surface area contributed by atoms with Gasteiger partial charge in [0.2, 0.25) is 0 Å². The van der Waals surface area contributed by atoms with E-state index >= 15 is 0 Å². The number of allylic oxidation sites excluding steroid dienone is 1. The Morgan fingerprint density at radius 2 is 2.36 bits per heavy atom. The first-order chi connectivity index (χ1) is 5.36. The van der Waals surface area contributed by atoms with Crippen LogP contribution in [0.2, 0.25) is 0 Å². The predicted molar refractivity (Wildman–Crippen MR) is 46.6 cm³/mol. The van der Waals surface area contributed by atoms with Crippen LogP contribution in [0, 0.1) is 0 Å². The van der Waals surface area contributed by atoms with Crippen LogP contribution < -0.4 is 5.32 Å². The molecule has 2 heteroatoms. The molecule has 0 saturated carbocycles. The number of ether oxygens (including phenoxy) is 1. The van der Waals surface area contributed by atoms with Crippen LogP contribution in [0.1, 0.15) is 20.3 Å². The molecular formula is C9H17NO. The molecule has 2 unspecified atom stereocenters. The number of hydrogen-bond acceptors (Lipinski definition) is 2. The van der Waals surface area contributed by atoms with E-state index < -0.39 is 0 Å². The van der Waals surface area contributed by atoms with Crippen LogP contribution in [0.5, 0.6) is 0 Å². The second kappa shape index (κ2) is 4.52. The van der Waals surface area contributed by atoms with E-state index in [-0.39, 0.29) is 0 Å². The van der Waals surface area contributed by atoms with Crippen molar-refractivity contribution in [3.05, 3.63) is 12.2 Å². The summed E-state index contributed by atoms with van der Waals surface area (Å²) in [4.78, 5) is 0. The summed E-state index contributed by atoms with van der Waals surface area (Å²) in [6.45, 7) is 5.90. The number of rotatable bonds is 2. The molecule has 64 valence electrons. The van der Waals surface area contributed by atoms with Crippen molar-refractivity contribution in [1.82, 2.24) is 5.32 Å². The number of nitrogens with one attached hydrogen (secondary N) is 1. The molecule has 1 heterocycles. The van der Waals surface area contributed by atoms with E-state index in [9.17, 15) is 0 Å². The largest absolute Gasteiger partial charge is 0.378 e. The minimum Gasteiger partial charge on any atom is -0.378 e. The normalized spacial score (nSPS) is 32.9. The smallest absolute Gasteiger partial charge is 0.0656 e. The average Bonchev–Trinajstić information content (AvgIpc) is 2.06. The summed E-state index contributed by atoms with van der Waals surface area (Å²) in [7, 11) is 0. The van der Waals surface area contributed by atoms with E-state index in [1.165, 1.54) is 0 Å². The van der Waals surface area contributed by atoms with Crippen molar-refractivity contribution in [2.75, 3.05) is 13.2 Å². The predicted octanol–water partition coefficient (Wildman–Crippen LogP) is 1.33. The van der Waals surface area contributed by atoms with Gasteiger partial charge in [0.15, 0.2) is 0 Å². The third-order valence-electron chi connectivity index (χ3n) is 1.98. The lowest BCUT2D eigenvalue weighted by molar-refractivity contribution is 0.0570. The van der Waals surface area contributed by atoms with Crippen LogP contribution in [0.3, 0.4) is 0 Å². The molecule has 0 bridgehead atoms. The van der Waals surface area contributed by atoms with Gasteiger partial charge in [-0.15, -0.1) is 0 Å². The van der Waals surface area contributed by atoms with Gasteiger partial charge in [-0.2, -0.15) is 0 Å². The Morgan fingerprint density at radius 3 is 3.00 bits per heavy atom. The third-order valence-corrected chi connectivity index (χ3v) is 1.98. The van der Waals surface area contributed by atoms with Gasteiger partial charge in [-0.05, 0) is 13.3 Å². The Hall–Kier alpha value is -0.340. The summed E-state index contributed by atoms with van der Waals surface area (Å²) in [6, 6.07) is 0.976. The quantitative estimate of drug-likeness (QED) is 0.607. The molecule has 0 aromatic rings. The Labute approximate surface area is 68.6 Å². The van der Waals surface area contributed by atoms with Gasteiger partial charge >= 0.3 is 0 Å². The fourth-order valence-electron chi connectivity index (χ4n) is 1.32. The highest BCUT2D eigenvalue weighted by Crippen LogP contribution is 2.03. The lowest BCUT2D eigenvalue weighted by atomic mass is 10.1. The van der Waals surface area contributed by atoms with Gasteiger partial charge in [-0.25, -0.2) is 0 Å². The molecule has 1 aliphatic rings. The van der Waals surface area contributed by atoms with Gasteiger partial charge in [0, 0.05) is 12.1 Å². The highest BCUT2D eigenvalue weighted by molar-refractivity contribution is 4.94. The van der Waals surface area contributed by atoms with Gasteiger partial charge < -0.3 is 10.1 Å².